The predicted molar refractivity (Wildman–Crippen MR) is 126 cm³/mol. The smallest absolute Gasteiger partial charge is 0.254 e. The van der Waals surface area contributed by atoms with Crippen molar-refractivity contribution in [1.82, 2.24) is 14.7 Å². The Hall–Kier alpha value is -4.04. The summed E-state index contributed by atoms with van der Waals surface area (Å²) in [4.78, 5) is 14.7. The normalized spacial score (nSPS) is 17.7. The number of rotatable bonds is 6. The van der Waals surface area contributed by atoms with Gasteiger partial charge in [0.2, 0.25) is 0 Å². The second-order valence-electron chi connectivity index (χ2n) is 8.31. The second kappa shape index (κ2) is 9.31. The molecule has 8 heteroatoms. The number of aromatic nitrogens is 2. The number of hydrogen-bond acceptors (Lipinski definition) is 4. The summed E-state index contributed by atoms with van der Waals surface area (Å²) in [6.45, 7) is 2.04. The minimum Gasteiger partial charge on any atom is -0.497 e. The van der Waals surface area contributed by atoms with E-state index in [0.717, 1.165) is 11.3 Å². The molecule has 4 aromatic rings. The van der Waals surface area contributed by atoms with Crippen LogP contribution < -0.4 is 4.74 Å². The Balaban J connectivity index is 1.57. The quantitative estimate of drug-likeness (QED) is 0.381. The Morgan fingerprint density at radius 1 is 0.943 bits per heavy atom. The highest BCUT2D eigenvalue weighted by molar-refractivity contribution is 5.83. The van der Waals surface area contributed by atoms with Gasteiger partial charge in [0.05, 0.1) is 12.8 Å². The highest BCUT2D eigenvalue weighted by Crippen LogP contribution is 2.38. The van der Waals surface area contributed by atoms with E-state index in [4.69, 9.17) is 14.6 Å². The third-order valence-corrected chi connectivity index (χ3v) is 5.98. The Labute approximate surface area is 201 Å². The van der Waals surface area contributed by atoms with Gasteiger partial charge in [-0.3, -0.25) is 4.79 Å². The molecule has 0 radical (unpaired) electrons. The van der Waals surface area contributed by atoms with E-state index in [1.54, 1.807) is 54.1 Å². The lowest BCUT2D eigenvalue weighted by atomic mass is 10.1. The SMILES string of the molecule is COc1ccc(CN2C(=O)[C@@H](C)O[C@@H]2c2cn(-c3ccc(F)cc3)nc2-c2ccc(F)cc2)cc1. The lowest BCUT2D eigenvalue weighted by molar-refractivity contribution is -0.130. The minimum absolute atomic E-state index is 0.148. The van der Waals surface area contributed by atoms with Crippen LogP contribution in [0.5, 0.6) is 5.75 Å². The lowest BCUT2D eigenvalue weighted by Gasteiger charge is -2.23. The van der Waals surface area contributed by atoms with Gasteiger partial charge in [-0.05, 0) is 73.2 Å². The third-order valence-electron chi connectivity index (χ3n) is 5.98. The van der Waals surface area contributed by atoms with Crippen molar-refractivity contribution in [2.75, 3.05) is 7.11 Å². The number of carbonyl (C=O) groups excluding carboxylic acids is 1. The molecule has 1 amide bonds. The van der Waals surface area contributed by atoms with E-state index >= 15 is 0 Å². The molecule has 5 rings (SSSR count). The van der Waals surface area contributed by atoms with Crippen molar-refractivity contribution in [2.24, 2.45) is 0 Å². The number of nitrogens with zero attached hydrogens (tertiary/aromatic N) is 3. The monoisotopic (exact) mass is 475 g/mol. The molecule has 0 bridgehead atoms. The number of ether oxygens (including phenoxy) is 2. The Morgan fingerprint density at radius 2 is 1.57 bits per heavy atom. The van der Waals surface area contributed by atoms with Gasteiger partial charge in [-0.15, -0.1) is 0 Å². The molecular weight excluding hydrogens is 452 g/mol. The number of amides is 1. The van der Waals surface area contributed by atoms with E-state index in [1.165, 1.54) is 24.3 Å². The Bertz CT molecular complexity index is 1340. The van der Waals surface area contributed by atoms with Crippen molar-refractivity contribution in [3.8, 4) is 22.7 Å². The van der Waals surface area contributed by atoms with Gasteiger partial charge < -0.3 is 14.4 Å². The molecule has 178 valence electrons. The van der Waals surface area contributed by atoms with E-state index in [9.17, 15) is 13.6 Å². The summed E-state index contributed by atoms with van der Waals surface area (Å²) in [6.07, 6.45) is 0.408. The van der Waals surface area contributed by atoms with Gasteiger partial charge in [-0.1, -0.05) is 12.1 Å². The molecule has 0 N–H and O–H groups in total. The van der Waals surface area contributed by atoms with Crippen molar-refractivity contribution < 1.29 is 23.0 Å². The van der Waals surface area contributed by atoms with Crippen LogP contribution in [0.2, 0.25) is 0 Å². The number of halogens is 2. The Kier molecular flexibility index (Phi) is 6.05. The molecule has 3 aromatic carbocycles. The molecule has 1 fully saturated rings. The largest absolute Gasteiger partial charge is 0.497 e. The fraction of sp³-hybridized carbons (Fsp3) is 0.185. The number of hydrogen-bond donors (Lipinski definition) is 0. The van der Waals surface area contributed by atoms with Crippen LogP contribution in [0.4, 0.5) is 8.78 Å². The third kappa shape index (κ3) is 4.52. The van der Waals surface area contributed by atoms with Gasteiger partial charge in [0.1, 0.15) is 29.2 Å². The van der Waals surface area contributed by atoms with E-state index in [1.807, 2.05) is 24.3 Å². The van der Waals surface area contributed by atoms with E-state index in [2.05, 4.69) is 0 Å². The maximum Gasteiger partial charge on any atom is 0.254 e. The average molecular weight is 475 g/mol. The second-order valence-corrected chi connectivity index (χ2v) is 8.31. The number of benzene rings is 3. The molecule has 1 aliphatic heterocycles. The van der Waals surface area contributed by atoms with Crippen LogP contribution in [0.3, 0.4) is 0 Å². The molecule has 35 heavy (non-hydrogen) atoms. The zero-order chi connectivity index (χ0) is 24.5. The summed E-state index contributed by atoms with van der Waals surface area (Å²) in [5.74, 6) is -0.147. The van der Waals surface area contributed by atoms with Crippen molar-refractivity contribution >= 4 is 5.91 Å². The van der Waals surface area contributed by atoms with E-state index < -0.39 is 12.3 Å². The molecule has 0 saturated carbocycles. The maximum atomic E-state index is 13.6. The number of carbonyl (C=O) groups is 1. The molecule has 1 saturated heterocycles. The molecule has 0 spiro atoms. The topological polar surface area (TPSA) is 56.6 Å². The molecule has 0 aliphatic carbocycles. The van der Waals surface area contributed by atoms with E-state index in [0.29, 0.717) is 29.1 Å². The molecule has 2 heterocycles. The van der Waals surface area contributed by atoms with Gasteiger partial charge >= 0.3 is 0 Å². The average Bonchev–Trinajstić information content (AvgIpc) is 3.42. The standard InChI is InChI=1S/C27H23F2N3O3/c1-17-26(33)31(15-18-3-13-23(34-2)14-4-18)27(35-17)24-16-32(22-11-9-21(29)10-12-22)30-25(24)19-5-7-20(28)8-6-19/h3-14,16-17,27H,15H2,1-2H3/t17-,27-/m1/s1. The highest BCUT2D eigenvalue weighted by atomic mass is 19.1. The molecule has 2 atom stereocenters. The minimum atomic E-state index is -0.714. The van der Waals surface area contributed by atoms with Crippen LogP contribution in [0.25, 0.3) is 16.9 Å². The van der Waals surface area contributed by atoms with Crippen molar-refractivity contribution in [2.45, 2.75) is 25.8 Å². The fourth-order valence-electron chi connectivity index (χ4n) is 4.13. The van der Waals surface area contributed by atoms with Gasteiger partial charge in [0, 0.05) is 23.9 Å². The van der Waals surface area contributed by atoms with Gasteiger partial charge in [0.15, 0.2) is 6.23 Å². The summed E-state index contributed by atoms with van der Waals surface area (Å²) in [6, 6.07) is 19.4. The zero-order valence-corrected chi connectivity index (χ0v) is 19.2. The molecule has 6 nitrogen and oxygen atoms in total. The summed E-state index contributed by atoms with van der Waals surface area (Å²) >= 11 is 0. The van der Waals surface area contributed by atoms with Crippen molar-refractivity contribution in [1.29, 1.82) is 0 Å². The lowest BCUT2D eigenvalue weighted by Crippen LogP contribution is -2.29. The van der Waals surface area contributed by atoms with Crippen LogP contribution in [0, 0.1) is 11.6 Å². The van der Waals surface area contributed by atoms with Crippen molar-refractivity contribution in [3.05, 3.63) is 102 Å². The van der Waals surface area contributed by atoms with Gasteiger partial charge in [-0.2, -0.15) is 5.10 Å². The van der Waals surface area contributed by atoms with Crippen molar-refractivity contribution in [3.63, 3.8) is 0 Å². The predicted octanol–water partition coefficient (Wildman–Crippen LogP) is 5.27. The van der Waals surface area contributed by atoms with Gasteiger partial charge in [-0.25, -0.2) is 13.5 Å². The summed E-state index contributed by atoms with van der Waals surface area (Å²) in [5, 5.41) is 4.71. The Morgan fingerprint density at radius 3 is 2.20 bits per heavy atom. The van der Waals surface area contributed by atoms with Crippen LogP contribution in [0.1, 0.15) is 24.3 Å². The first-order chi connectivity index (χ1) is 16.9. The number of methoxy groups -OCH3 is 1. The first-order valence-corrected chi connectivity index (χ1v) is 11.1. The fourth-order valence-corrected chi connectivity index (χ4v) is 4.13. The first kappa shape index (κ1) is 22.7. The summed E-state index contributed by atoms with van der Waals surface area (Å²) < 4.78 is 40.1. The maximum absolute atomic E-state index is 13.6. The highest BCUT2D eigenvalue weighted by Gasteiger charge is 2.41. The first-order valence-electron chi connectivity index (χ1n) is 11.1. The summed E-state index contributed by atoms with van der Waals surface area (Å²) in [7, 11) is 1.60. The van der Waals surface area contributed by atoms with Gasteiger partial charge in [0.25, 0.3) is 5.91 Å². The molecule has 1 aliphatic rings. The van der Waals surface area contributed by atoms with Crippen LogP contribution >= 0.6 is 0 Å². The van der Waals surface area contributed by atoms with E-state index in [-0.39, 0.29) is 17.5 Å². The molecule has 1 aromatic heterocycles. The summed E-state index contributed by atoms with van der Waals surface area (Å²) in [5.41, 5.74) is 3.41. The van der Waals surface area contributed by atoms with Crippen LogP contribution in [0.15, 0.2) is 79.0 Å². The van der Waals surface area contributed by atoms with Crippen LogP contribution in [-0.4, -0.2) is 33.8 Å². The molecular formula is C27H23F2N3O3. The van der Waals surface area contributed by atoms with Crippen LogP contribution in [-0.2, 0) is 16.1 Å². The zero-order valence-electron chi connectivity index (χ0n) is 19.2. The molecule has 0 unspecified atom stereocenters.